The number of hydrogen-bond acceptors (Lipinski definition) is 7. The number of pyridine rings is 2. The summed E-state index contributed by atoms with van der Waals surface area (Å²) in [6.45, 7) is 9.47. The topological polar surface area (TPSA) is 76.2 Å². The van der Waals surface area contributed by atoms with Gasteiger partial charge in [0.15, 0.2) is 0 Å². The highest BCUT2D eigenvalue weighted by Gasteiger charge is 2.14. The molecule has 1 aliphatic heterocycles. The predicted octanol–water partition coefficient (Wildman–Crippen LogP) is 5.09. The number of likely N-dealkylation sites (N-methyl/N-ethyl adjacent to an activating group) is 2. The molecule has 4 aromatic rings. The van der Waals surface area contributed by atoms with Gasteiger partial charge in [0.1, 0.15) is 11.5 Å². The molecule has 4 heterocycles. The van der Waals surface area contributed by atoms with Crippen molar-refractivity contribution in [1.82, 2.24) is 30.0 Å². The van der Waals surface area contributed by atoms with E-state index in [9.17, 15) is 0 Å². The molecule has 0 radical (unpaired) electrons. The Labute approximate surface area is 225 Å². The van der Waals surface area contributed by atoms with Crippen molar-refractivity contribution in [3.8, 4) is 11.1 Å². The largest absolute Gasteiger partial charge is 0.358 e. The quantitative estimate of drug-likeness (QED) is 0.308. The molecule has 198 valence electrons. The number of likely N-dealkylation sites (tertiary alicyclic amines) is 1. The highest BCUT2D eigenvalue weighted by atomic mass is 15.2. The van der Waals surface area contributed by atoms with Gasteiger partial charge in [-0.2, -0.15) is 5.10 Å². The van der Waals surface area contributed by atoms with Crippen LogP contribution in [-0.2, 0) is 6.54 Å². The van der Waals surface area contributed by atoms with Gasteiger partial charge in [0, 0.05) is 50.0 Å². The van der Waals surface area contributed by atoms with Crippen LogP contribution in [0.15, 0.2) is 61.6 Å². The lowest BCUT2D eigenvalue weighted by molar-refractivity contribution is 0.220. The predicted molar refractivity (Wildman–Crippen MR) is 157 cm³/mol. The summed E-state index contributed by atoms with van der Waals surface area (Å²) >= 11 is 0. The number of fused-ring (bicyclic) bond motifs is 1. The van der Waals surface area contributed by atoms with Crippen LogP contribution in [0.2, 0.25) is 0 Å². The summed E-state index contributed by atoms with van der Waals surface area (Å²) in [7, 11) is 6.21. The number of piperidine rings is 1. The second-order valence-electron chi connectivity index (χ2n) is 10.5. The van der Waals surface area contributed by atoms with E-state index in [0.717, 1.165) is 64.6 Å². The molecule has 1 fully saturated rings. The summed E-state index contributed by atoms with van der Waals surface area (Å²) in [6.07, 6.45) is 9.70. The molecule has 1 aromatic carbocycles. The van der Waals surface area contributed by atoms with Crippen molar-refractivity contribution in [2.24, 2.45) is 0 Å². The van der Waals surface area contributed by atoms with E-state index < -0.39 is 0 Å². The molecule has 3 aromatic heterocycles. The fourth-order valence-corrected chi connectivity index (χ4v) is 4.92. The molecular formula is C30H38N8. The molecule has 5 rings (SSSR count). The van der Waals surface area contributed by atoms with E-state index in [1.165, 1.54) is 37.9 Å². The normalized spacial score (nSPS) is 14.2. The lowest BCUT2D eigenvalue weighted by Crippen LogP contribution is -2.29. The van der Waals surface area contributed by atoms with Gasteiger partial charge in [0.2, 0.25) is 0 Å². The van der Waals surface area contributed by atoms with E-state index in [1.54, 1.807) is 0 Å². The lowest BCUT2D eigenvalue weighted by atomic mass is 10.0. The third-order valence-electron chi connectivity index (χ3n) is 7.15. The Bertz CT molecular complexity index is 1370. The molecule has 0 saturated carbocycles. The summed E-state index contributed by atoms with van der Waals surface area (Å²) < 4.78 is 0. The first-order valence-corrected chi connectivity index (χ1v) is 13.4. The van der Waals surface area contributed by atoms with Crippen molar-refractivity contribution >= 4 is 28.1 Å². The SMILES string of the molecule is C=C(Nc1ccc(N(C)CCN(C)C)nc1)c1n[nH]c2ccc(-c3cncc(CN4CCCCC4)c3)cc12. The average Bonchev–Trinajstić information content (AvgIpc) is 3.36. The monoisotopic (exact) mass is 510 g/mol. The Morgan fingerprint density at radius 3 is 2.58 bits per heavy atom. The number of benzene rings is 1. The van der Waals surface area contributed by atoms with Crippen molar-refractivity contribution in [2.45, 2.75) is 25.8 Å². The van der Waals surface area contributed by atoms with Crippen LogP contribution in [-0.4, -0.2) is 77.3 Å². The molecular weight excluding hydrogens is 472 g/mol. The standard InChI is InChI=1S/C30H38N8/c1-22(33-26-9-11-29(32-20-26)37(4)15-14-36(2)3)30-27-17-24(8-10-28(27)34-35-30)25-16-23(18-31-19-25)21-38-12-6-5-7-13-38/h8-11,16-20,33H,1,5-7,12-15,21H2,2-4H3,(H,34,35). The van der Waals surface area contributed by atoms with Gasteiger partial charge in [-0.25, -0.2) is 4.98 Å². The fourth-order valence-electron chi connectivity index (χ4n) is 4.92. The number of anilines is 2. The van der Waals surface area contributed by atoms with E-state index >= 15 is 0 Å². The molecule has 1 aliphatic rings. The Hall–Kier alpha value is -3.75. The molecule has 0 atom stereocenters. The van der Waals surface area contributed by atoms with Crippen LogP contribution in [0.5, 0.6) is 0 Å². The highest BCUT2D eigenvalue weighted by molar-refractivity contribution is 5.95. The molecule has 0 aliphatic carbocycles. The van der Waals surface area contributed by atoms with Crippen molar-refractivity contribution < 1.29 is 0 Å². The molecule has 0 spiro atoms. The Kier molecular flexibility index (Phi) is 8.00. The first kappa shape index (κ1) is 25.9. The number of rotatable bonds is 10. The second kappa shape index (κ2) is 11.8. The van der Waals surface area contributed by atoms with Gasteiger partial charge < -0.3 is 15.1 Å². The fraction of sp³-hybridized carbons (Fsp3) is 0.367. The van der Waals surface area contributed by atoms with E-state index in [2.05, 4.69) is 92.2 Å². The van der Waals surface area contributed by atoms with Crippen LogP contribution in [0.3, 0.4) is 0 Å². The second-order valence-corrected chi connectivity index (χ2v) is 10.5. The first-order valence-electron chi connectivity index (χ1n) is 13.4. The average molecular weight is 511 g/mol. The summed E-state index contributed by atoms with van der Waals surface area (Å²) in [5.74, 6) is 0.939. The van der Waals surface area contributed by atoms with Crippen LogP contribution in [0.4, 0.5) is 11.5 Å². The number of aromatic nitrogens is 4. The summed E-state index contributed by atoms with van der Waals surface area (Å²) in [4.78, 5) is 16.0. The molecule has 1 saturated heterocycles. The van der Waals surface area contributed by atoms with E-state index in [1.807, 2.05) is 30.7 Å². The van der Waals surface area contributed by atoms with Crippen LogP contribution >= 0.6 is 0 Å². The van der Waals surface area contributed by atoms with Gasteiger partial charge in [-0.3, -0.25) is 15.0 Å². The minimum absolute atomic E-state index is 0.723. The van der Waals surface area contributed by atoms with Crippen LogP contribution < -0.4 is 10.2 Å². The van der Waals surface area contributed by atoms with E-state index in [0.29, 0.717) is 0 Å². The summed E-state index contributed by atoms with van der Waals surface area (Å²) in [5, 5.41) is 12.1. The molecule has 38 heavy (non-hydrogen) atoms. The molecule has 0 unspecified atom stereocenters. The Morgan fingerprint density at radius 2 is 1.82 bits per heavy atom. The number of nitrogens with one attached hydrogen (secondary N) is 2. The van der Waals surface area contributed by atoms with Crippen LogP contribution in [0.1, 0.15) is 30.5 Å². The van der Waals surface area contributed by atoms with Crippen molar-refractivity contribution in [1.29, 1.82) is 0 Å². The summed E-state index contributed by atoms with van der Waals surface area (Å²) in [5.41, 5.74) is 6.86. The Balaban J connectivity index is 1.30. The maximum absolute atomic E-state index is 4.62. The number of nitrogens with zero attached hydrogens (tertiary/aromatic N) is 6. The third kappa shape index (κ3) is 6.20. The van der Waals surface area contributed by atoms with Crippen molar-refractivity contribution in [3.05, 3.63) is 72.8 Å². The minimum atomic E-state index is 0.723. The summed E-state index contributed by atoms with van der Waals surface area (Å²) in [6, 6.07) is 12.7. The van der Waals surface area contributed by atoms with Gasteiger partial charge in [0.05, 0.1) is 23.1 Å². The van der Waals surface area contributed by atoms with Gasteiger partial charge in [-0.05, 0) is 81.5 Å². The maximum atomic E-state index is 4.62. The van der Waals surface area contributed by atoms with Gasteiger partial charge in [-0.1, -0.05) is 19.1 Å². The van der Waals surface area contributed by atoms with Crippen LogP contribution in [0, 0.1) is 0 Å². The minimum Gasteiger partial charge on any atom is -0.358 e. The van der Waals surface area contributed by atoms with Crippen molar-refractivity contribution in [3.63, 3.8) is 0 Å². The van der Waals surface area contributed by atoms with Gasteiger partial charge in [-0.15, -0.1) is 0 Å². The number of hydrogen-bond donors (Lipinski definition) is 2. The number of aromatic amines is 1. The van der Waals surface area contributed by atoms with Gasteiger partial charge >= 0.3 is 0 Å². The molecule has 0 bridgehead atoms. The maximum Gasteiger partial charge on any atom is 0.128 e. The zero-order chi connectivity index (χ0) is 26.5. The first-order chi connectivity index (χ1) is 18.5. The van der Waals surface area contributed by atoms with Gasteiger partial charge in [0.25, 0.3) is 0 Å². The zero-order valence-electron chi connectivity index (χ0n) is 22.7. The van der Waals surface area contributed by atoms with Crippen LogP contribution in [0.25, 0.3) is 27.7 Å². The molecule has 2 N–H and O–H groups in total. The highest BCUT2D eigenvalue weighted by Crippen LogP contribution is 2.29. The molecule has 8 heteroatoms. The molecule has 8 nitrogen and oxygen atoms in total. The van der Waals surface area contributed by atoms with E-state index in [-0.39, 0.29) is 0 Å². The molecule has 0 amide bonds. The van der Waals surface area contributed by atoms with E-state index in [4.69, 9.17) is 0 Å². The smallest absolute Gasteiger partial charge is 0.128 e. The van der Waals surface area contributed by atoms with Crippen molar-refractivity contribution in [2.75, 3.05) is 57.5 Å². The third-order valence-corrected chi connectivity index (χ3v) is 7.15. The number of H-pyrrole nitrogens is 1. The zero-order valence-corrected chi connectivity index (χ0v) is 22.7. The lowest BCUT2D eigenvalue weighted by Gasteiger charge is -2.26. The Morgan fingerprint density at radius 1 is 0.974 bits per heavy atom.